The lowest BCUT2D eigenvalue weighted by molar-refractivity contribution is -0.136. The lowest BCUT2D eigenvalue weighted by Crippen LogP contribution is -2.26. The first-order valence-corrected chi connectivity index (χ1v) is 7.36. The summed E-state index contributed by atoms with van der Waals surface area (Å²) < 4.78 is 5.59. The van der Waals surface area contributed by atoms with Gasteiger partial charge >= 0.3 is 5.97 Å². The van der Waals surface area contributed by atoms with E-state index in [1.807, 2.05) is 19.1 Å². The number of carboxylic acid groups (broad SMARTS) is 1. The van der Waals surface area contributed by atoms with Gasteiger partial charge in [-0.25, -0.2) is 0 Å². The predicted octanol–water partition coefficient (Wildman–Crippen LogP) is 4.34. The molecule has 0 fully saturated rings. The monoisotopic (exact) mass is 292 g/mol. The number of carbonyl (C=O) groups is 1. The van der Waals surface area contributed by atoms with Gasteiger partial charge in [0.15, 0.2) is 0 Å². The van der Waals surface area contributed by atoms with E-state index >= 15 is 0 Å². The molecule has 0 saturated carbocycles. The highest BCUT2D eigenvalue weighted by Crippen LogP contribution is 2.42. The molecule has 21 heavy (non-hydrogen) atoms. The number of carboxylic acids is 1. The second-order valence-corrected chi connectivity index (χ2v) is 7.69. The minimum absolute atomic E-state index is 0.0451. The fourth-order valence-corrected chi connectivity index (χ4v) is 3.32. The number of rotatable bonds is 5. The fraction of sp³-hybridized carbons (Fsp3) is 0.611. The molecule has 0 aliphatic heterocycles. The van der Waals surface area contributed by atoms with Gasteiger partial charge in [-0.1, -0.05) is 46.8 Å². The van der Waals surface area contributed by atoms with Gasteiger partial charge in [-0.2, -0.15) is 0 Å². The number of hydrogen-bond donors (Lipinski definition) is 1. The Bertz CT molecular complexity index is 522. The minimum Gasteiger partial charge on any atom is -0.496 e. The molecule has 0 saturated heterocycles. The van der Waals surface area contributed by atoms with Crippen LogP contribution in [-0.2, 0) is 16.6 Å². The summed E-state index contributed by atoms with van der Waals surface area (Å²) in [5, 5.41) is 9.03. The zero-order chi connectivity index (χ0) is 16.4. The number of aliphatic carboxylic acids is 1. The van der Waals surface area contributed by atoms with E-state index in [0.29, 0.717) is 0 Å². The van der Waals surface area contributed by atoms with Crippen LogP contribution in [0.15, 0.2) is 12.1 Å². The molecule has 0 heterocycles. The fourth-order valence-electron chi connectivity index (χ4n) is 3.32. The zero-order valence-electron chi connectivity index (χ0n) is 14.3. The predicted molar refractivity (Wildman–Crippen MR) is 86.2 cm³/mol. The van der Waals surface area contributed by atoms with Crippen molar-refractivity contribution in [3.05, 3.63) is 28.8 Å². The minimum atomic E-state index is -0.806. The average molecular weight is 292 g/mol. The lowest BCUT2D eigenvalue weighted by atomic mass is 9.71. The Morgan fingerprint density at radius 2 is 1.76 bits per heavy atom. The lowest BCUT2D eigenvalue weighted by Gasteiger charge is -2.34. The van der Waals surface area contributed by atoms with E-state index in [2.05, 4.69) is 34.6 Å². The van der Waals surface area contributed by atoms with Gasteiger partial charge in [0.05, 0.1) is 13.5 Å². The standard InChI is InChI=1S/C18H28O3/c1-12-8-13(10-15(19)20)9-14(16(12)21-7)18(5,6)11-17(2,3)4/h8-9H,10-11H2,1-7H3,(H,19,20). The maximum absolute atomic E-state index is 11.0. The van der Waals surface area contributed by atoms with Crippen LogP contribution in [0.2, 0.25) is 0 Å². The number of aryl methyl sites for hydroxylation is 1. The third kappa shape index (κ3) is 4.76. The second-order valence-electron chi connectivity index (χ2n) is 7.69. The van der Waals surface area contributed by atoms with Gasteiger partial charge in [0, 0.05) is 5.56 Å². The summed E-state index contributed by atoms with van der Waals surface area (Å²) in [4.78, 5) is 11.0. The van der Waals surface area contributed by atoms with Crippen molar-refractivity contribution in [2.45, 2.75) is 59.8 Å². The summed E-state index contributed by atoms with van der Waals surface area (Å²) in [5.41, 5.74) is 3.02. The molecule has 0 amide bonds. The molecule has 0 unspecified atom stereocenters. The Morgan fingerprint density at radius 3 is 2.19 bits per heavy atom. The highest BCUT2D eigenvalue weighted by atomic mass is 16.5. The Hall–Kier alpha value is -1.51. The van der Waals surface area contributed by atoms with E-state index in [4.69, 9.17) is 9.84 Å². The molecule has 118 valence electrons. The first-order chi connectivity index (χ1) is 9.46. The third-order valence-corrected chi connectivity index (χ3v) is 3.60. The SMILES string of the molecule is COc1c(C)cc(CC(=O)O)cc1C(C)(C)CC(C)(C)C. The van der Waals surface area contributed by atoms with Gasteiger partial charge in [0.2, 0.25) is 0 Å². The van der Waals surface area contributed by atoms with Crippen molar-refractivity contribution in [3.63, 3.8) is 0 Å². The molecule has 1 aromatic rings. The van der Waals surface area contributed by atoms with Crippen molar-refractivity contribution in [3.8, 4) is 5.75 Å². The highest BCUT2D eigenvalue weighted by Gasteiger charge is 2.31. The second kappa shape index (κ2) is 6.08. The molecule has 0 aliphatic rings. The average Bonchev–Trinajstić information content (AvgIpc) is 2.23. The number of benzene rings is 1. The van der Waals surface area contributed by atoms with Gasteiger partial charge in [0.1, 0.15) is 5.75 Å². The number of methoxy groups -OCH3 is 1. The van der Waals surface area contributed by atoms with Crippen LogP contribution in [0.5, 0.6) is 5.75 Å². The Kier molecular flexibility index (Phi) is 5.08. The van der Waals surface area contributed by atoms with Crippen LogP contribution >= 0.6 is 0 Å². The molecule has 0 aromatic heterocycles. The van der Waals surface area contributed by atoms with Crippen molar-refractivity contribution in [2.75, 3.05) is 7.11 Å². The van der Waals surface area contributed by atoms with Gasteiger partial charge < -0.3 is 9.84 Å². The summed E-state index contributed by atoms with van der Waals surface area (Å²) in [6.07, 6.45) is 1.04. The molecule has 0 spiro atoms. The van der Waals surface area contributed by atoms with Crippen molar-refractivity contribution in [1.29, 1.82) is 0 Å². The maximum atomic E-state index is 11.0. The Balaban J connectivity index is 3.37. The van der Waals surface area contributed by atoms with Gasteiger partial charge in [-0.3, -0.25) is 4.79 Å². The molecule has 0 atom stereocenters. The van der Waals surface area contributed by atoms with Crippen molar-refractivity contribution in [2.24, 2.45) is 5.41 Å². The van der Waals surface area contributed by atoms with Crippen molar-refractivity contribution >= 4 is 5.97 Å². The smallest absolute Gasteiger partial charge is 0.307 e. The topological polar surface area (TPSA) is 46.5 Å². The van der Waals surface area contributed by atoms with Crippen LogP contribution in [0.4, 0.5) is 0 Å². The van der Waals surface area contributed by atoms with Crippen LogP contribution in [0.25, 0.3) is 0 Å². The molecule has 0 radical (unpaired) electrons. The maximum Gasteiger partial charge on any atom is 0.307 e. The number of hydrogen-bond acceptors (Lipinski definition) is 2. The molecule has 0 bridgehead atoms. The van der Waals surface area contributed by atoms with Crippen LogP contribution in [0.1, 0.15) is 57.7 Å². The van der Waals surface area contributed by atoms with Crippen LogP contribution in [0, 0.1) is 12.3 Å². The van der Waals surface area contributed by atoms with E-state index in [-0.39, 0.29) is 17.3 Å². The van der Waals surface area contributed by atoms with E-state index < -0.39 is 5.97 Å². The van der Waals surface area contributed by atoms with Gasteiger partial charge in [-0.15, -0.1) is 0 Å². The summed E-state index contributed by atoms with van der Waals surface area (Å²) in [5.74, 6) is 0.0672. The van der Waals surface area contributed by atoms with E-state index in [0.717, 1.165) is 28.9 Å². The summed E-state index contributed by atoms with van der Waals surface area (Å²) in [7, 11) is 1.68. The van der Waals surface area contributed by atoms with E-state index in [1.54, 1.807) is 7.11 Å². The van der Waals surface area contributed by atoms with Crippen LogP contribution in [-0.4, -0.2) is 18.2 Å². The van der Waals surface area contributed by atoms with Gasteiger partial charge in [0.25, 0.3) is 0 Å². The molecular weight excluding hydrogens is 264 g/mol. The summed E-state index contributed by atoms with van der Waals surface area (Å²) in [6.45, 7) is 13.0. The molecule has 3 nitrogen and oxygen atoms in total. The van der Waals surface area contributed by atoms with E-state index in [1.165, 1.54) is 0 Å². The zero-order valence-corrected chi connectivity index (χ0v) is 14.3. The molecule has 1 N–H and O–H groups in total. The van der Waals surface area contributed by atoms with Crippen molar-refractivity contribution in [1.82, 2.24) is 0 Å². The normalized spacial score (nSPS) is 12.3. The quantitative estimate of drug-likeness (QED) is 0.878. The summed E-state index contributed by atoms with van der Waals surface area (Å²) >= 11 is 0. The Labute approximate surface area is 128 Å². The van der Waals surface area contributed by atoms with Crippen LogP contribution in [0.3, 0.4) is 0 Å². The molecule has 1 rings (SSSR count). The first-order valence-electron chi connectivity index (χ1n) is 7.36. The van der Waals surface area contributed by atoms with Crippen LogP contribution < -0.4 is 4.74 Å². The largest absolute Gasteiger partial charge is 0.496 e. The highest BCUT2D eigenvalue weighted by molar-refractivity contribution is 5.70. The number of ether oxygens (including phenoxy) is 1. The Morgan fingerprint density at radius 1 is 1.19 bits per heavy atom. The van der Waals surface area contributed by atoms with E-state index in [9.17, 15) is 4.79 Å². The first kappa shape index (κ1) is 17.5. The summed E-state index contributed by atoms with van der Waals surface area (Å²) in [6, 6.07) is 3.90. The molecule has 0 aliphatic carbocycles. The molecule has 1 aromatic carbocycles. The molecular formula is C18H28O3. The van der Waals surface area contributed by atoms with Crippen molar-refractivity contribution < 1.29 is 14.6 Å². The van der Waals surface area contributed by atoms with Gasteiger partial charge in [-0.05, 0) is 35.3 Å². The third-order valence-electron chi connectivity index (χ3n) is 3.60. The molecule has 3 heteroatoms.